The summed E-state index contributed by atoms with van der Waals surface area (Å²) in [6.45, 7) is 0. The van der Waals surface area contributed by atoms with Crippen molar-refractivity contribution in [1.82, 2.24) is 0 Å². The molecule has 0 N–H and O–H groups in total. The Hall–Kier alpha value is -7.68. The van der Waals surface area contributed by atoms with Crippen LogP contribution in [0.25, 0.3) is 88.0 Å². The van der Waals surface area contributed by atoms with Crippen LogP contribution in [0.15, 0.2) is 228 Å². The van der Waals surface area contributed by atoms with E-state index in [2.05, 4.69) is 0 Å². The van der Waals surface area contributed by atoms with Gasteiger partial charge in [0.25, 0.3) is 0 Å². The highest BCUT2D eigenvalue weighted by atomic mass is 16.3. The number of benzene rings is 10. The molecule has 1 heterocycles. The number of furan rings is 1. The molecule has 0 fully saturated rings. The van der Waals surface area contributed by atoms with E-state index in [4.69, 9.17) is 33.2 Å². The van der Waals surface area contributed by atoms with Crippen molar-refractivity contribution in [3.8, 4) is 44.5 Å². The molecule has 0 bridgehead atoms. The second kappa shape index (κ2) is 14.1. The smallest absolute Gasteiger partial charge is 0.143 e. The zero-order chi connectivity index (χ0) is 70.6. The first-order valence-corrected chi connectivity index (χ1v) is 16.8. The lowest BCUT2D eigenvalue weighted by Crippen LogP contribution is -2.09. The lowest BCUT2D eigenvalue weighted by atomic mass is 9.95. The van der Waals surface area contributed by atoms with E-state index in [0.29, 0.717) is 0 Å². The van der Waals surface area contributed by atoms with Crippen LogP contribution in [0.5, 0.6) is 0 Å². The van der Waals surface area contributed by atoms with Crippen molar-refractivity contribution in [2.45, 2.75) is 0 Å². The molecule has 0 amide bonds. The summed E-state index contributed by atoms with van der Waals surface area (Å²) < 4.78 is 340. The lowest BCUT2D eigenvalue weighted by molar-refractivity contribution is 0.672. The maximum atomic E-state index is 10.1. The average Bonchev–Trinajstić information content (AvgIpc) is 1.66. The Bertz CT molecular complexity index is 5310. The first-order chi connectivity index (χ1) is 44.2. The van der Waals surface area contributed by atoms with Gasteiger partial charge in [0.1, 0.15) is 11.2 Å². The first-order valence-electron chi connectivity index (χ1n) is 35.3. The second-order valence-electron chi connectivity index (χ2n) is 12.0. The summed E-state index contributed by atoms with van der Waals surface area (Å²) in [4.78, 5) is 0.264. The van der Waals surface area contributed by atoms with Gasteiger partial charge in [-0.15, -0.1) is 0 Å². The van der Waals surface area contributed by atoms with E-state index in [1.54, 1.807) is 0 Å². The van der Waals surface area contributed by atoms with Crippen LogP contribution < -0.4 is 4.90 Å². The van der Waals surface area contributed by atoms with Crippen molar-refractivity contribution in [2.75, 3.05) is 4.90 Å². The van der Waals surface area contributed by atoms with Gasteiger partial charge in [0, 0.05) is 33.2 Å². The van der Waals surface area contributed by atoms with Gasteiger partial charge in [0.2, 0.25) is 0 Å². The Kier molecular flexibility index (Phi) is 3.15. The van der Waals surface area contributed by atoms with Gasteiger partial charge in [-0.1, -0.05) is 175 Å². The molecule has 0 saturated carbocycles. The highest BCUT2D eigenvalue weighted by Gasteiger charge is 2.19. The zero-order valence-electron chi connectivity index (χ0n) is 65.9. The Morgan fingerprint density at radius 2 is 0.793 bits per heavy atom. The molecule has 0 saturated heterocycles. The van der Waals surface area contributed by atoms with Crippen LogP contribution in [-0.4, -0.2) is 0 Å². The Morgan fingerprint density at radius 3 is 1.47 bits per heavy atom. The van der Waals surface area contributed by atoms with E-state index in [9.17, 15) is 21.9 Å². The monoisotopic (exact) mass is 777 g/mol. The molecule has 0 aliphatic heterocycles. The molecule has 2 nitrogen and oxygen atoms in total. The third kappa shape index (κ3) is 5.91. The van der Waals surface area contributed by atoms with Gasteiger partial charge in [-0.3, -0.25) is 0 Å². The standard InChI is InChI=1S/C56H37NO/c1-3-12-38(13-4-1)40-26-30-45(31-27-40)57(46-32-28-41(29-33-46)39-22-24-44(25-23-39)49-21-11-17-42-16-7-8-18-48(42)49)47-34-35-55-53(36-47)54-37-52(43-14-5-2-6-15-43)50-19-9-10-20-51(50)56(54)58-55/h1-37H/i1D,2D,3D,4D,5D,6D,7D,8D,9D,10D,11D,12D,13D,14D,15D,16D,17D,18D,19D,20D,21D,22D,23D,24D,25D,26D,27D,28D,29D,30D,31D,32D,33D,34D,35D,36D,37D. The van der Waals surface area contributed by atoms with E-state index in [-0.39, 0.29) is 4.90 Å². The fourth-order valence-electron chi connectivity index (χ4n) is 6.09. The highest BCUT2D eigenvalue weighted by Crippen LogP contribution is 2.43. The molecular weight excluding hydrogens is 703 g/mol. The van der Waals surface area contributed by atoms with E-state index < -0.39 is 329 Å². The molecule has 10 aromatic carbocycles. The summed E-state index contributed by atoms with van der Waals surface area (Å²) in [7, 11) is 0. The quantitative estimate of drug-likeness (QED) is 0.160. The van der Waals surface area contributed by atoms with Crippen molar-refractivity contribution in [3.63, 3.8) is 0 Å². The minimum Gasteiger partial charge on any atom is -0.455 e. The summed E-state index contributed by atoms with van der Waals surface area (Å²) in [5, 5.41) is -4.21. The third-order valence-electron chi connectivity index (χ3n) is 8.69. The molecule has 58 heavy (non-hydrogen) atoms. The summed E-state index contributed by atoms with van der Waals surface area (Å²) >= 11 is 0. The molecule has 2 heteroatoms. The third-order valence-corrected chi connectivity index (χ3v) is 8.69. The summed E-state index contributed by atoms with van der Waals surface area (Å²) in [6, 6.07) is -40.1. The maximum absolute atomic E-state index is 10.1. The lowest BCUT2D eigenvalue weighted by Gasteiger charge is -2.26. The summed E-state index contributed by atoms with van der Waals surface area (Å²) in [5.74, 6) is 0. The second-order valence-corrected chi connectivity index (χ2v) is 12.0. The largest absolute Gasteiger partial charge is 0.455 e. The molecule has 11 aromatic rings. The Labute approximate surface area is 389 Å². The van der Waals surface area contributed by atoms with E-state index >= 15 is 0 Å². The van der Waals surface area contributed by atoms with Crippen molar-refractivity contribution in [2.24, 2.45) is 0 Å². The molecule has 11 rings (SSSR count). The zero-order valence-corrected chi connectivity index (χ0v) is 28.9. The van der Waals surface area contributed by atoms with Crippen LogP contribution in [0.4, 0.5) is 17.1 Å². The van der Waals surface area contributed by atoms with Crippen LogP contribution in [0, 0.1) is 0 Å². The summed E-state index contributed by atoms with van der Waals surface area (Å²) in [6.07, 6.45) is 0. The van der Waals surface area contributed by atoms with Crippen molar-refractivity contribution in [1.29, 1.82) is 0 Å². The minimum absolute atomic E-state index is 0.264. The number of hydrogen-bond acceptors (Lipinski definition) is 2. The van der Waals surface area contributed by atoms with E-state index in [0.717, 1.165) is 0 Å². The summed E-state index contributed by atoms with van der Waals surface area (Å²) in [5.41, 5.74) is -12.6. The van der Waals surface area contributed by atoms with Gasteiger partial charge in [-0.05, 0) is 109 Å². The number of anilines is 3. The van der Waals surface area contributed by atoms with Gasteiger partial charge in [0.15, 0.2) is 0 Å². The molecule has 0 unspecified atom stereocenters. The predicted octanol–water partition coefficient (Wildman–Crippen LogP) is 16.0. The van der Waals surface area contributed by atoms with E-state index in [1.807, 2.05) is 0 Å². The maximum Gasteiger partial charge on any atom is 0.143 e. The number of rotatable bonds is 7. The molecule has 0 spiro atoms. The molecule has 0 radical (unpaired) electrons. The molecule has 0 atom stereocenters. The fourth-order valence-corrected chi connectivity index (χ4v) is 6.09. The minimum atomic E-state index is -1.40. The van der Waals surface area contributed by atoms with Gasteiger partial charge >= 0.3 is 0 Å². The topological polar surface area (TPSA) is 16.4 Å². The first kappa shape index (κ1) is 12.9. The molecule has 0 aliphatic carbocycles. The van der Waals surface area contributed by atoms with Crippen molar-refractivity contribution >= 4 is 60.5 Å². The van der Waals surface area contributed by atoms with Gasteiger partial charge < -0.3 is 9.32 Å². The SMILES string of the molecule is [2H]c1c([2H])c([2H])c(-c2c([2H])c([2H])c(N(c3c([2H])c([2H])c(-c4c([2H])c([2H])c(-c5c([2H])c([2H])c([2H])c6c([2H])c([2H])c([2H])c([2H])c56)c([2H])c4[2H])c([2H])c3[2H])c3c([2H])c([2H])c4oc5c6c([2H])c([2H])c([2H])c([2H])c6c(-c6c([2H])c([2H])c([2H])c([2H])c6[2H])c([2H])c5c4c3[2H])c([2H])c2[2H])c([2H])c1[2H]. The molecule has 272 valence electrons. The highest BCUT2D eigenvalue weighted by molar-refractivity contribution is 6.19. The van der Waals surface area contributed by atoms with Crippen LogP contribution in [0.3, 0.4) is 0 Å². The van der Waals surface area contributed by atoms with E-state index in [1.165, 1.54) is 0 Å². The number of nitrogens with zero attached hydrogens (tertiary/aromatic N) is 1. The van der Waals surface area contributed by atoms with Crippen molar-refractivity contribution in [3.05, 3.63) is 224 Å². The average molecular weight is 777 g/mol. The number of hydrogen-bond donors (Lipinski definition) is 0. The Morgan fingerprint density at radius 1 is 0.310 bits per heavy atom. The van der Waals surface area contributed by atoms with Crippen LogP contribution >= 0.6 is 0 Å². The molecule has 1 aromatic heterocycles. The number of fused-ring (bicyclic) bond motifs is 6. The fraction of sp³-hybridized carbons (Fsp3) is 0. The van der Waals surface area contributed by atoms with Gasteiger partial charge in [-0.25, -0.2) is 0 Å². The van der Waals surface area contributed by atoms with Crippen LogP contribution in [-0.2, 0) is 0 Å². The van der Waals surface area contributed by atoms with Crippen LogP contribution in [0.2, 0.25) is 0 Å². The predicted molar refractivity (Wildman–Crippen MR) is 245 cm³/mol. The van der Waals surface area contributed by atoms with Crippen molar-refractivity contribution < 1.29 is 55.1 Å². The molecule has 0 aliphatic rings. The molecular formula is C56H37NO. The normalized spacial score (nSPS) is 20.4. The van der Waals surface area contributed by atoms with Gasteiger partial charge in [-0.2, -0.15) is 0 Å². The van der Waals surface area contributed by atoms with Gasteiger partial charge in [0.05, 0.1) is 50.7 Å². The van der Waals surface area contributed by atoms with Crippen LogP contribution in [0.1, 0.15) is 50.7 Å². The Balaban J connectivity index is 1.30.